The summed E-state index contributed by atoms with van der Waals surface area (Å²) in [6.07, 6.45) is 8.98. The average Bonchev–Trinajstić information content (AvgIpc) is 2.88. The van der Waals surface area contributed by atoms with Gasteiger partial charge in [0.25, 0.3) is 0 Å². The molecule has 3 atom stereocenters. The third-order valence-corrected chi connectivity index (χ3v) is 8.89. The summed E-state index contributed by atoms with van der Waals surface area (Å²) in [6, 6.07) is 18.1. The van der Waals surface area contributed by atoms with Gasteiger partial charge in [-0.2, -0.15) is 0 Å². The summed E-state index contributed by atoms with van der Waals surface area (Å²) in [6.45, 7) is 8.97. The van der Waals surface area contributed by atoms with Crippen LogP contribution in [0.4, 0.5) is 0 Å². The van der Waals surface area contributed by atoms with Crippen molar-refractivity contribution in [2.75, 3.05) is 0 Å². The fourth-order valence-electron chi connectivity index (χ4n) is 6.66. The smallest absolute Gasteiger partial charge is 0.223 e. The Balaban J connectivity index is 0.000000187. The number of primary amides is 1. The van der Waals surface area contributed by atoms with Gasteiger partial charge in [0, 0.05) is 11.5 Å². The second-order valence-corrected chi connectivity index (χ2v) is 11.9. The Hall–Kier alpha value is -3.73. The molecule has 5 rings (SSSR count). The summed E-state index contributed by atoms with van der Waals surface area (Å²) in [5, 5.41) is 27.7. The lowest BCUT2D eigenvalue weighted by atomic mass is 9.49. The standard InChI is InChI=1S/C20H29NO.C14H12O3/c1-13(2)14-6-8-16-15(12-14)7-9-17-19(16,3)10-5-11-20(17,4)18(21)22;15-12-5-3-10(4-6-12)1-2-11-7-13(16)9-14(17)8-11/h6,8,12-13,17H,5,7,9-11H2,1-4H3,(H2,21,22);1-9,15-17H. The molecule has 0 bridgehead atoms. The van der Waals surface area contributed by atoms with Gasteiger partial charge in [-0.3, -0.25) is 4.79 Å². The monoisotopic (exact) mass is 527 g/mol. The molecule has 206 valence electrons. The number of phenols is 3. The van der Waals surface area contributed by atoms with Crippen LogP contribution in [0.3, 0.4) is 0 Å². The molecule has 5 N–H and O–H groups in total. The second kappa shape index (κ2) is 11.2. The number of hydrogen-bond acceptors (Lipinski definition) is 4. The van der Waals surface area contributed by atoms with Crippen LogP contribution >= 0.6 is 0 Å². The molecule has 3 aromatic rings. The lowest BCUT2D eigenvalue weighted by Gasteiger charge is -2.54. The first-order chi connectivity index (χ1) is 18.4. The summed E-state index contributed by atoms with van der Waals surface area (Å²) in [5.41, 5.74) is 11.6. The van der Waals surface area contributed by atoms with Crippen LogP contribution in [0.25, 0.3) is 12.2 Å². The van der Waals surface area contributed by atoms with Crippen LogP contribution < -0.4 is 5.73 Å². The normalized spacial score (nSPS) is 24.0. The number of aromatic hydroxyl groups is 3. The molecule has 5 nitrogen and oxygen atoms in total. The number of benzene rings is 3. The van der Waals surface area contributed by atoms with Crippen LogP contribution in [0, 0.1) is 11.3 Å². The van der Waals surface area contributed by atoms with Gasteiger partial charge in [0.1, 0.15) is 17.2 Å². The van der Waals surface area contributed by atoms with Crippen molar-refractivity contribution in [2.45, 2.75) is 71.1 Å². The number of amides is 1. The van der Waals surface area contributed by atoms with Crippen LogP contribution in [0.5, 0.6) is 17.2 Å². The number of rotatable bonds is 4. The van der Waals surface area contributed by atoms with E-state index in [0.29, 0.717) is 17.4 Å². The minimum atomic E-state index is -0.346. The van der Waals surface area contributed by atoms with E-state index in [-0.39, 0.29) is 34.0 Å². The topological polar surface area (TPSA) is 104 Å². The minimum absolute atomic E-state index is 0.0235. The highest BCUT2D eigenvalue weighted by atomic mass is 16.3. The first kappa shape index (κ1) is 28.3. The number of carbonyl (C=O) groups excluding carboxylic acids is 1. The van der Waals surface area contributed by atoms with E-state index in [1.54, 1.807) is 42.5 Å². The lowest BCUT2D eigenvalue weighted by Crippen LogP contribution is -2.54. The highest BCUT2D eigenvalue weighted by Gasteiger charge is 2.54. The Kier molecular flexibility index (Phi) is 8.10. The Morgan fingerprint density at radius 3 is 2.13 bits per heavy atom. The first-order valence-electron chi connectivity index (χ1n) is 13.9. The van der Waals surface area contributed by atoms with Crippen molar-refractivity contribution >= 4 is 18.1 Å². The van der Waals surface area contributed by atoms with Gasteiger partial charge in [0.05, 0.1) is 0 Å². The molecule has 0 aliphatic heterocycles. The summed E-state index contributed by atoms with van der Waals surface area (Å²) in [5.74, 6) is 1.11. The molecule has 1 amide bonds. The molecule has 0 heterocycles. The summed E-state index contributed by atoms with van der Waals surface area (Å²) in [4.78, 5) is 12.2. The molecular weight excluding hydrogens is 486 g/mol. The van der Waals surface area contributed by atoms with Crippen molar-refractivity contribution in [3.05, 3.63) is 88.5 Å². The molecule has 0 spiro atoms. The molecule has 0 saturated heterocycles. The van der Waals surface area contributed by atoms with Gasteiger partial charge in [-0.15, -0.1) is 0 Å². The van der Waals surface area contributed by atoms with E-state index in [1.807, 2.05) is 6.08 Å². The molecule has 1 saturated carbocycles. The van der Waals surface area contributed by atoms with E-state index in [1.165, 1.54) is 29.2 Å². The average molecular weight is 528 g/mol. The number of aryl methyl sites for hydroxylation is 1. The Morgan fingerprint density at radius 2 is 1.51 bits per heavy atom. The Labute approximate surface area is 232 Å². The SMILES string of the molecule is CC(C)c1ccc2c(c1)CCC1C(C)(C(N)=O)CCCC21C.Oc1ccc(C=Cc2cc(O)cc(O)c2)cc1. The van der Waals surface area contributed by atoms with Crippen molar-refractivity contribution in [1.29, 1.82) is 0 Å². The van der Waals surface area contributed by atoms with Crippen molar-refractivity contribution in [2.24, 2.45) is 17.1 Å². The fourth-order valence-corrected chi connectivity index (χ4v) is 6.66. The lowest BCUT2D eigenvalue weighted by molar-refractivity contribution is -0.135. The van der Waals surface area contributed by atoms with Gasteiger partial charge < -0.3 is 21.1 Å². The quantitative estimate of drug-likeness (QED) is 0.268. The summed E-state index contributed by atoms with van der Waals surface area (Å²) in [7, 11) is 0. The van der Waals surface area contributed by atoms with Gasteiger partial charge in [0.15, 0.2) is 0 Å². The molecule has 2 aliphatic rings. The van der Waals surface area contributed by atoms with E-state index >= 15 is 0 Å². The fraction of sp³-hybridized carbons (Fsp3) is 0.382. The number of hydrogen-bond donors (Lipinski definition) is 4. The Bertz CT molecular complexity index is 1340. The zero-order valence-corrected chi connectivity index (χ0v) is 23.4. The summed E-state index contributed by atoms with van der Waals surface area (Å²) >= 11 is 0. The molecular formula is C34H41NO4. The zero-order chi connectivity index (χ0) is 28.4. The van der Waals surface area contributed by atoms with Crippen molar-refractivity contribution < 1.29 is 20.1 Å². The molecule has 0 aromatic heterocycles. The Morgan fingerprint density at radius 1 is 0.872 bits per heavy atom. The maximum atomic E-state index is 12.2. The van der Waals surface area contributed by atoms with Crippen LogP contribution in [0.15, 0.2) is 60.7 Å². The molecule has 2 aliphatic carbocycles. The van der Waals surface area contributed by atoms with Crippen LogP contribution in [-0.2, 0) is 16.6 Å². The molecule has 5 heteroatoms. The van der Waals surface area contributed by atoms with E-state index in [4.69, 9.17) is 10.8 Å². The predicted molar refractivity (Wildman–Crippen MR) is 158 cm³/mol. The van der Waals surface area contributed by atoms with Crippen molar-refractivity contribution in [3.63, 3.8) is 0 Å². The van der Waals surface area contributed by atoms with Gasteiger partial charge in [-0.05, 0) is 95.0 Å². The highest BCUT2D eigenvalue weighted by molar-refractivity contribution is 5.81. The molecule has 3 unspecified atom stereocenters. The first-order valence-corrected chi connectivity index (χ1v) is 13.9. The van der Waals surface area contributed by atoms with E-state index in [0.717, 1.165) is 31.2 Å². The number of carbonyl (C=O) groups is 1. The molecule has 39 heavy (non-hydrogen) atoms. The second-order valence-electron chi connectivity index (χ2n) is 11.9. The van der Waals surface area contributed by atoms with Gasteiger partial charge >= 0.3 is 0 Å². The van der Waals surface area contributed by atoms with E-state index in [9.17, 15) is 15.0 Å². The summed E-state index contributed by atoms with van der Waals surface area (Å²) < 4.78 is 0. The van der Waals surface area contributed by atoms with Gasteiger partial charge in [0.2, 0.25) is 5.91 Å². The maximum absolute atomic E-state index is 12.2. The van der Waals surface area contributed by atoms with Gasteiger partial charge in [-0.25, -0.2) is 0 Å². The van der Waals surface area contributed by atoms with Crippen LogP contribution in [-0.4, -0.2) is 21.2 Å². The largest absolute Gasteiger partial charge is 0.508 e. The third-order valence-electron chi connectivity index (χ3n) is 8.89. The minimum Gasteiger partial charge on any atom is -0.508 e. The maximum Gasteiger partial charge on any atom is 0.223 e. The van der Waals surface area contributed by atoms with E-state index < -0.39 is 0 Å². The van der Waals surface area contributed by atoms with Crippen LogP contribution in [0.1, 0.15) is 87.1 Å². The molecule has 3 aromatic carbocycles. The van der Waals surface area contributed by atoms with Crippen molar-refractivity contribution in [1.82, 2.24) is 0 Å². The van der Waals surface area contributed by atoms with Gasteiger partial charge in [-0.1, -0.05) is 76.6 Å². The molecule has 0 radical (unpaired) electrons. The number of nitrogens with two attached hydrogens (primary N) is 1. The van der Waals surface area contributed by atoms with E-state index in [2.05, 4.69) is 45.9 Å². The number of fused-ring (bicyclic) bond motifs is 3. The van der Waals surface area contributed by atoms with Crippen molar-refractivity contribution in [3.8, 4) is 17.2 Å². The highest BCUT2D eigenvalue weighted by Crippen LogP contribution is 2.57. The zero-order valence-electron chi connectivity index (χ0n) is 23.4. The van der Waals surface area contributed by atoms with Crippen LogP contribution in [0.2, 0.25) is 0 Å². The number of phenolic OH excluding ortho intramolecular Hbond substituents is 3. The molecule has 1 fully saturated rings. The third kappa shape index (κ3) is 5.98. The predicted octanol–water partition coefficient (Wildman–Crippen LogP) is 7.28.